The van der Waals surface area contributed by atoms with E-state index in [9.17, 15) is 0 Å². The number of hydrogen-bond donors (Lipinski definition) is 1. The van der Waals surface area contributed by atoms with Crippen LogP contribution in [-0.2, 0) is 0 Å². The molecule has 0 unspecified atom stereocenters. The third-order valence-corrected chi connectivity index (χ3v) is 1.83. The van der Waals surface area contributed by atoms with Gasteiger partial charge >= 0.3 is 7.69 Å². The van der Waals surface area contributed by atoms with E-state index >= 15 is 0 Å². The molecule has 1 N–H and O–H groups in total. The fourth-order valence-corrected chi connectivity index (χ4v) is 1.19. The average molecular weight is 211 g/mol. The molecular weight excluding hydrogens is 199 g/mol. The maximum absolute atomic E-state index is 8.51. The van der Waals surface area contributed by atoms with Gasteiger partial charge in [0.2, 0.25) is 5.75 Å². The first-order chi connectivity index (χ1) is 7.26. The van der Waals surface area contributed by atoms with Crippen LogP contribution in [0.4, 0.5) is 0 Å². The lowest BCUT2D eigenvalue weighted by Gasteiger charge is -2.13. The van der Waals surface area contributed by atoms with Crippen LogP contribution in [0.3, 0.4) is 0 Å². The highest BCUT2D eigenvalue weighted by Gasteiger charge is 2.13. The Morgan fingerprint density at radius 1 is 1.00 bits per heavy atom. The molecule has 5 nitrogen and oxygen atoms in total. The molecule has 0 bridgehead atoms. The smallest absolute Gasteiger partial charge is 0.537 e. The SMILES string of the molecule is COc1cc(O[B]O)cc(OC)c1OC. The Kier molecular flexibility index (Phi) is 4.11. The van der Waals surface area contributed by atoms with Gasteiger partial charge in [-0.05, 0) is 0 Å². The summed E-state index contributed by atoms with van der Waals surface area (Å²) in [6, 6.07) is 3.15. The van der Waals surface area contributed by atoms with Gasteiger partial charge in [0.25, 0.3) is 0 Å². The van der Waals surface area contributed by atoms with Crippen molar-refractivity contribution in [1.29, 1.82) is 0 Å². The van der Waals surface area contributed by atoms with Crippen LogP contribution in [0.25, 0.3) is 0 Å². The summed E-state index contributed by atoms with van der Waals surface area (Å²) in [6.07, 6.45) is 0. The van der Waals surface area contributed by atoms with Gasteiger partial charge in [-0.1, -0.05) is 0 Å². The molecule has 1 radical (unpaired) electrons. The minimum atomic E-state index is 0.395. The second kappa shape index (κ2) is 5.36. The highest BCUT2D eigenvalue weighted by atomic mass is 16.5. The second-order valence-corrected chi connectivity index (χ2v) is 2.58. The first-order valence-electron chi connectivity index (χ1n) is 4.19. The van der Waals surface area contributed by atoms with Crippen molar-refractivity contribution in [2.75, 3.05) is 21.3 Å². The summed E-state index contributed by atoms with van der Waals surface area (Å²) in [7, 11) is 5.10. The van der Waals surface area contributed by atoms with E-state index in [0.717, 1.165) is 0 Å². The zero-order chi connectivity index (χ0) is 11.3. The van der Waals surface area contributed by atoms with Crippen molar-refractivity contribution >= 4 is 7.69 Å². The summed E-state index contributed by atoms with van der Waals surface area (Å²) in [5, 5.41) is 8.51. The number of methoxy groups -OCH3 is 3. The van der Waals surface area contributed by atoms with Gasteiger partial charge in [-0.3, -0.25) is 0 Å². The van der Waals surface area contributed by atoms with Crippen molar-refractivity contribution in [3.05, 3.63) is 12.1 Å². The molecule has 1 rings (SSSR count). The Labute approximate surface area is 88.8 Å². The first-order valence-corrected chi connectivity index (χ1v) is 4.19. The molecule has 0 aliphatic heterocycles. The molecular formula is C9H12BO5. The third kappa shape index (κ3) is 2.47. The van der Waals surface area contributed by atoms with Gasteiger partial charge in [0.15, 0.2) is 11.5 Å². The molecule has 0 fully saturated rings. The third-order valence-electron chi connectivity index (χ3n) is 1.83. The van der Waals surface area contributed by atoms with Crippen LogP contribution in [-0.4, -0.2) is 34.0 Å². The summed E-state index contributed by atoms with van der Waals surface area (Å²) in [4.78, 5) is 0. The van der Waals surface area contributed by atoms with Crippen LogP contribution in [0.1, 0.15) is 0 Å². The predicted octanol–water partition coefficient (Wildman–Crippen LogP) is 0.618. The van der Waals surface area contributed by atoms with Crippen LogP contribution in [0, 0.1) is 0 Å². The lowest BCUT2D eigenvalue weighted by Crippen LogP contribution is -2.01. The molecule has 1 aromatic carbocycles. The van der Waals surface area contributed by atoms with Crippen molar-refractivity contribution in [3.63, 3.8) is 0 Å². The molecule has 0 spiro atoms. The Balaban J connectivity index is 3.16. The van der Waals surface area contributed by atoms with Crippen LogP contribution in [0.2, 0.25) is 0 Å². The molecule has 0 saturated heterocycles. The lowest BCUT2D eigenvalue weighted by molar-refractivity contribution is 0.321. The summed E-state index contributed by atoms with van der Waals surface area (Å²) >= 11 is 0. The Morgan fingerprint density at radius 3 is 1.87 bits per heavy atom. The van der Waals surface area contributed by atoms with Gasteiger partial charge < -0.3 is 23.9 Å². The molecule has 6 heteroatoms. The molecule has 0 aliphatic carbocycles. The van der Waals surface area contributed by atoms with E-state index < -0.39 is 0 Å². The summed E-state index contributed by atoms with van der Waals surface area (Å²) in [5.41, 5.74) is 0. The monoisotopic (exact) mass is 211 g/mol. The molecule has 0 heterocycles. The Bertz CT molecular complexity index is 303. The summed E-state index contributed by atoms with van der Waals surface area (Å²) in [5.74, 6) is 1.81. The van der Waals surface area contributed by atoms with Crippen LogP contribution >= 0.6 is 0 Å². The van der Waals surface area contributed by atoms with E-state index in [-0.39, 0.29) is 0 Å². The number of benzene rings is 1. The van der Waals surface area contributed by atoms with Crippen molar-refractivity contribution in [2.24, 2.45) is 0 Å². The van der Waals surface area contributed by atoms with Crippen molar-refractivity contribution in [3.8, 4) is 23.0 Å². The summed E-state index contributed by atoms with van der Waals surface area (Å²) in [6.45, 7) is 0. The van der Waals surface area contributed by atoms with Crippen molar-refractivity contribution in [2.45, 2.75) is 0 Å². The van der Waals surface area contributed by atoms with Crippen LogP contribution < -0.4 is 18.9 Å². The van der Waals surface area contributed by atoms with E-state index in [1.54, 1.807) is 12.1 Å². The minimum Gasteiger partial charge on any atom is -0.537 e. The Hall–Kier alpha value is -1.56. The zero-order valence-corrected chi connectivity index (χ0v) is 8.81. The van der Waals surface area contributed by atoms with E-state index in [4.69, 9.17) is 23.9 Å². The molecule has 0 aliphatic rings. The van der Waals surface area contributed by atoms with Gasteiger partial charge in [0.1, 0.15) is 5.75 Å². The fourth-order valence-electron chi connectivity index (χ4n) is 1.19. The van der Waals surface area contributed by atoms with E-state index in [2.05, 4.69) is 0 Å². The fraction of sp³-hybridized carbons (Fsp3) is 0.333. The molecule has 15 heavy (non-hydrogen) atoms. The highest BCUT2D eigenvalue weighted by molar-refractivity contribution is 6.17. The van der Waals surface area contributed by atoms with Gasteiger partial charge in [-0.15, -0.1) is 0 Å². The van der Waals surface area contributed by atoms with Crippen LogP contribution in [0.15, 0.2) is 12.1 Å². The minimum absolute atomic E-state index is 0.395. The van der Waals surface area contributed by atoms with E-state index in [1.165, 1.54) is 21.3 Å². The topological polar surface area (TPSA) is 57.2 Å². The standard InChI is InChI=1S/C9H12BO5/c1-12-7-4-6(15-10-11)5-8(13-2)9(7)14-3/h4-5,11H,1-3H3. The number of ether oxygens (including phenoxy) is 3. The normalized spacial score (nSPS) is 9.33. The largest absolute Gasteiger partial charge is 0.569 e. The molecule has 0 saturated carbocycles. The van der Waals surface area contributed by atoms with Gasteiger partial charge in [0.05, 0.1) is 21.3 Å². The highest BCUT2D eigenvalue weighted by Crippen LogP contribution is 2.40. The molecule has 81 valence electrons. The van der Waals surface area contributed by atoms with E-state index in [0.29, 0.717) is 30.7 Å². The lowest BCUT2D eigenvalue weighted by atomic mass is 10.2. The molecule has 1 aromatic rings. The quantitative estimate of drug-likeness (QED) is 0.723. The molecule has 0 atom stereocenters. The number of rotatable bonds is 5. The van der Waals surface area contributed by atoms with Gasteiger partial charge in [-0.25, -0.2) is 0 Å². The van der Waals surface area contributed by atoms with Crippen LogP contribution in [0.5, 0.6) is 23.0 Å². The van der Waals surface area contributed by atoms with E-state index in [1.807, 2.05) is 0 Å². The second-order valence-electron chi connectivity index (χ2n) is 2.58. The number of hydrogen-bond acceptors (Lipinski definition) is 5. The first kappa shape index (κ1) is 11.5. The maximum atomic E-state index is 8.51. The van der Waals surface area contributed by atoms with Crippen molar-refractivity contribution in [1.82, 2.24) is 0 Å². The Morgan fingerprint density at radius 2 is 1.53 bits per heavy atom. The predicted molar refractivity (Wildman–Crippen MR) is 54.7 cm³/mol. The van der Waals surface area contributed by atoms with Gasteiger partial charge in [0, 0.05) is 12.1 Å². The maximum Gasteiger partial charge on any atom is 0.569 e. The average Bonchev–Trinajstić information content (AvgIpc) is 2.28. The summed E-state index contributed by atoms with van der Waals surface area (Å²) < 4.78 is 20.1. The molecule has 0 aromatic heterocycles. The zero-order valence-electron chi connectivity index (χ0n) is 8.81. The van der Waals surface area contributed by atoms with Crippen molar-refractivity contribution < 1.29 is 23.9 Å². The van der Waals surface area contributed by atoms with Gasteiger partial charge in [-0.2, -0.15) is 0 Å². The molecule has 0 amide bonds.